The minimum Gasteiger partial charge on any atom is -0.456 e. The number of rotatable bonds is 6. The molecule has 2 aromatic carbocycles. The number of carbonyl (C=O) groups excluding carboxylic acids is 1. The number of aryl methyl sites for hydroxylation is 1. The van der Waals surface area contributed by atoms with E-state index in [2.05, 4.69) is 28.1 Å². The normalized spacial score (nSPS) is 18.5. The van der Waals surface area contributed by atoms with Gasteiger partial charge in [-0.15, -0.1) is 0 Å². The Morgan fingerprint density at radius 1 is 1.03 bits per heavy atom. The second-order valence-corrected chi connectivity index (χ2v) is 13.8. The number of ether oxygens (including phenoxy) is 2. The SMILES string of the molecule is CC(C)(C)OC(=O)N1CCC(CCc2ccc(Oc3ccc(N4CCCCS4(=O)=O)cc3Br)cc2)CC1. The van der Waals surface area contributed by atoms with Gasteiger partial charge in [0.05, 0.1) is 15.9 Å². The fourth-order valence-corrected chi connectivity index (χ4v) is 6.84. The predicted octanol–water partition coefficient (Wildman–Crippen LogP) is 6.75. The van der Waals surface area contributed by atoms with Gasteiger partial charge in [0.25, 0.3) is 0 Å². The number of likely N-dealkylation sites (tertiary alicyclic amines) is 1. The highest BCUT2D eigenvalue weighted by atomic mass is 79.9. The van der Waals surface area contributed by atoms with Gasteiger partial charge in [-0.3, -0.25) is 4.31 Å². The van der Waals surface area contributed by atoms with Gasteiger partial charge in [0.1, 0.15) is 17.1 Å². The lowest BCUT2D eigenvalue weighted by Crippen LogP contribution is -2.41. The molecule has 2 aliphatic heterocycles. The fourth-order valence-electron chi connectivity index (χ4n) is 4.76. The molecule has 0 N–H and O–H groups in total. The topological polar surface area (TPSA) is 76.2 Å². The van der Waals surface area contributed by atoms with E-state index in [9.17, 15) is 13.2 Å². The number of amides is 1. The maximum Gasteiger partial charge on any atom is 0.410 e. The van der Waals surface area contributed by atoms with E-state index in [1.54, 1.807) is 18.2 Å². The van der Waals surface area contributed by atoms with Crippen LogP contribution in [0.3, 0.4) is 0 Å². The van der Waals surface area contributed by atoms with Crippen LogP contribution in [-0.2, 0) is 21.2 Å². The molecule has 2 aromatic rings. The van der Waals surface area contributed by atoms with Crippen LogP contribution in [0.1, 0.15) is 58.4 Å². The number of hydrogen-bond donors (Lipinski definition) is 0. The smallest absolute Gasteiger partial charge is 0.410 e. The van der Waals surface area contributed by atoms with Crippen molar-refractivity contribution in [3.63, 3.8) is 0 Å². The molecule has 2 aliphatic rings. The molecule has 0 unspecified atom stereocenters. The van der Waals surface area contributed by atoms with Gasteiger partial charge in [-0.1, -0.05) is 12.1 Å². The predicted molar refractivity (Wildman–Crippen MR) is 150 cm³/mol. The molecule has 2 fully saturated rings. The second kappa shape index (κ2) is 11.6. The van der Waals surface area contributed by atoms with Crippen LogP contribution in [0.4, 0.5) is 10.5 Å². The molecule has 9 heteroatoms. The van der Waals surface area contributed by atoms with E-state index < -0.39 is 15.6 Å². The lowest BCUT2D eigenvalue weighted by Gasteiger charge is -2.33. The minimum absolute atomic E-state index is 0.195. The molecule has 2 saturated heterocycles. The minimum atomic E-state index is -3.25. The van der Waals surface area contributed by atoms with Crippen molar-refractivity contribution < 1.29 is 22.7 Å². The van der Waals surface area contributed by atoms with Crippen LogP contribution in [0.5, 0.6) is 11.5 Å². The molecular weight excluding hydrogens is 556 g/mol. The summed E-state index contributed by atoms with van der Waals surface area (Å²) in [4.78, 5) is 14.1. The Labute approximate surface area is 229 Å². The van der Waals surface area contributed by atoms with Crippen molar-refractivity contribution in [1.29, 1.82) is 0 Å². The number of sulfonamides is 1. The van der Waals surface area contributed by atoms with Gasteiger partial charge in [-0.2, -0.15) is 0 Å². The Balaban J connectivity index is 1.26. The van der Waals surface area contributed by atoms with Crippen molar-refractivity contribution in [2.45, 2.75) is 64.9 Å². The largest absolute Gasteiger partial charge is 0.456 e. The molecule has 0 saturated carbocycles. The van der Waals surface area contributed by atoms with Crippen molar-refractivity contribution in [1.82, 2.24) is 4.90 Å². The average molecular weight is 594 g/mol. The van der Waals surface area contributed by atoms with Crippen LogP contribution >= 0.6 is 15.9 Å². The van der Waals surface area contributed by atoms with Crippen LogP contribution < -0.4 is 9.04 Å². The zero-order chi connectivity index (χ0) is 26.6. The molecule has 7 nitrogen and oxygen atoms in total. The van der Waals surface area contributed by atoms with Gasteiger partial charge < -0.3 is 14.4 Å². The average Bonchev–Trinajstić information content (AvgIpc) is 2.84. The summed E-state index contributed by atoms with van der Waals surface area (Å²) in [6.45, 7) is 7.71. The maximum absolute atomic E-state index is 12.4. The highest BCUT2D eigenvalue weighted by Crippen LogP contribution is 2.35. The Bertz CT molecular complexity index is 1190. The molecule has 0 aromatic heterocycles. The molecule has 4 rings (SSSR count). The Morgan fingerprint density at radius 2 is 1.73 bits per heavy atom. The molecule has 1 amide bonds. The van der Waals surface area contributed by atoms with Crippen LogP contribution in [0, 0.1) is 5.92 Å². The van der Waals surface area contributed by atoms with E-state index in [1.807, 2.05) is 37.8 Å². The highest BCUT2D eigenvalue weighted by Gasteiger charge is 2.27. The molecule has 37 heavy (non-hydrogen) atoms. The van der Waals surface area contributed by atoms with Crippen LogP contribution in [0.2, 0.25) is 0 Å². The standard InChI is InChI=1S/C28H37BrN2O5S/c1-28(2,3)36-27(32)30-17-14-22(15-18-30)7-6-21-8-11-24(12-9-21)35-26-13-10-23(20-25(26)29)31-16-4-5-19-37(31,33)34/h8-13,20,22H,4-7,14-19H2,1-3H3. The monoisotopic (exact) mass is 592 g/mol. The summed E-state index contributed by atoms with van der Waals surface area (Å²) in [6, 6.07) is 13.5. The zero-order valence-electron chi connectivity index (χ0n) is 21.9. The van der Waals surface area contributed by atoms with E-state index in [4.69, 9.17) is 9.47 Å². The van der Waals surface area contributed by atoms with Crippen molar-refractivity contribution in [3.05, 3.63) is 52.5 Å². The van der Waals surface area contributed by atoms with Crippen LogP contribution in [0.15, 0.2) is 46.9 Å². The number of piperidine rings is 1. The Hall–Kier alpha value is -2.26. The third-order valence-corrected chi connectivity index (χ3v) is 9.30. The van der Waals surface area contributed by atoms with Gasteiger partial charge in [-0.25, -0.2) is 13.2 Å². The number of nitrogens with zero attached hydrogens (tertiary/aromatic N) is 2. The fraction of sp³-hybridized carbons (Fsp3) is 0.536. The van der Waals surface area contributed by atoms with E-state index in [1.165, 1.54) is 9.87 Å². The summed E-state index contributed by atoms with van der Waals surface area (Å²) >= 11 is 3.54. The molecule has 0 radical (unpaired) electrons. The van der Waals surface area contributed by atoms with Gasteiger partial charge in [0.2, 0.25) is 10.0 Å². The molecule has 0 spiro atoms. The quantitative estimate of drug-likeness (QED) is 0.371. The molecule has 202 valence electrons. The van der Waals surface area contributed by atoms with Crippen LogP contribution in [0.25, 0.3) is 0 Å². The lowest BCUT2D eigenvalue weighted by molar-refractivity contribution is 0.0181. The maximum atomic E-state index is 12.4. The first-order valence-electron chi connectivity index (χ1n) is 13.0. The summed E-state index contributed by atoms with van der Waals surface area (Å²) in [5.74, 6) is 2.17. The first-order valence-corrected chi connectivity index (χ1v) is 15.4. The van der Waals surface area contributed by atoms with Crippen LogP contribution in [-0.4, -0.2) is 50.4 Å². The first-order chi connectivity index (χ1) is 17.5. The molecule has 0 aliphatic carbocycles. The Kier molecular flexibility index (Phi) is 8.74. The van der Waals surface area contributed by atoms with E-state index in [0.717, 1.165) is 50.9 Å². The number of halogens is 1. The number of anilines is 1. The first kappa shape index (κ1) is 27.8. The summed E-state index contributed by atoms with van der Waals surface area (Å²) in [6.07, 6.45) is 5.46. The van der Waals surface area contributed by atoms with Crippen molar-refractivity contribution in [3.8, 4) is 11.5 Å². The third kappa shape index (κ3) is 7.63. The van der Waals surface area contributed by atoms with Crippen molar-refractivity contribution >= 4 is 37.7 Å². The van der Waals surface area contributed by atoms with E-state index in [0.29, 0.717) is 34.8 Å². The number of benzene rings is 2. The van der Waals surface area contributed by atoms with E-state index in [-0.39, 0.29) is 11.8 Å². The van der Waals surface area contributed by atoms with Gasteiger partial charge in [-0.05, 0) is 117 Å². The third-order valence-electron chi connectivity index (χ3n) is 6.81. The summed E-state index contributed by atoms with van der Waals surface area (Å²) in [5, 5.41) is 0. The molecule has 0 bridgehead atoms. The summed E-state index contributed by atoms with van der Waals surface area (Å²) in [5.41, 5.74) is 1.46. The number of carbonyl (C=O) groups is 1. The van der Waals surface area contributed by atoms with E-state index >= 15 is 0 Å². The van der Waals surface area contributed by atoms with Crippen molar-refractivity contribution in [2.75, 3.05) is 29.7 Å². The van der Waals surface area contributed by atoms with Gasteiger partial charge in [0, 0.05) is 19.6 Å². The molecule has 2 heterocycles. The molecular formula is C28H37BrN2O5S. The zero-order valence-corrected chi connectivity index (χ0v) is 24.3. The highest BCUT2D eigenvalue weighted by molar-refractivity contribution is 9.10. The number of hydrogen-bond acceptors (Lipinski definition) is 5. The second-order valence-electron chi connectivity index (χ2n) is 10.9. The van der Waals surface area contributed by atoms with Gasteiger partial charge >= 0.3 is 6.09 Å². The van der Waals surface area contributed by atoms with Gasteiger partial charge in [0.15, 0.2) is 0 Å². The summed E-state index contributed by atoms with van der Waals surface area (Å²) in [7, 11) is -3.25. The molecule has 0 atom stereocenters. The van der Waals surface area contributed by atoms with Crippen molar-refractivity contribution in [2.24, 2.45) is 5.92 Å². The summed E-state index contributed by atoms with van der Waals surface area (Å²) < 4.78 is 38.6. The lowest BCUT2D eigenvalue weighted by atomic mass is 9.90. The Morgan fingerprint density at radius 3 is 2.35 bits per heavy atom.